The molecule has 59 heavy (non-hydrogen) atoms. The van der Waals surface area contributed by atoms with E-state index in [2.05, 4.69) is 192 Å². The van der Waals surface area contributed by atoms with Crippen LogP contribution in [-0.2, 0) is 0 Å². The predicted molar refractivity (Wildman–Crippen MR) is 247 cm³/mol. The number of aromatic nitrogens is 3. The largest absolute Gasteiger partial charge is 0.309 e. The van der Waals surface area contributed by atoms with Gasteiger partial charge in [0, 0.05) is 50.8 Å². The van der Waals surface area contributed by atoms with Crippen molar-refractivity contribution in [2.45, 2.75) is 0 Å². The molecule has 0 aliphatic carbocycles. The second-order valence-corrected chi connectivity index (χ2v) is 15.2. The Balaban J connectivity index is 0.975. The van der Waals surface area contributed by atoms with Gasteiger partial charge in [-0.05, 0) is 92.0 Å². The van der Waals surface area contributed by atoms with Gasteiger partial charge in [0.05, 0.1) is 33.8 Å². The summed E-state index contributed by atoms with van der Waals surface area (Å²) in [5.41, 5.74) is 11.5. The molecule has 12 aromatic rings. The third-order valence-corrected chi connectivity index (χ3v) is 11.9. The number of pyridine rings is 3. The third kappa shape index (κ3) is 5.42. The first-order valence-corrected chi connectivity index (χ1v) is 20.0. The second kappa shape index (κ2) is 13.3. The smallest absolute Gasteiger partial charge is 0.0972 e. The molecule has 274 valence electrons. The molecule has 3 heterocycles. The van der Waals surface area contributed by atoms with Crippen LogP contribution in [0.25, 0.3) is 98.5 Å². The molecule has 0 spiro atoms. The molecular formula is C55H34N4. The van der Waals surface area contributed by atoms with Gasteiger partial charge in [0.2, 0.25) is 0 Å². The minimum atomic E-state index is 0.887. The van der Waals surface area contributed by atoms with Crippen LogP contribution >= 0.6 is 0 Å². The summed E-state index contributed by atoms with van der Waals surface area (Å²) >= 11 is 0. The van der Waals surface area contributed by atoms with Crippen LogP contribution in [0.4, 0.5) is 17.1 Å². The summed E-state index contributed by atoms with van der Waals surface area (Å²) < 4.78 is 0. The van der Waals surface area contributed by atoms with Gasteiger partial charge < -0.3 is 4.90 Å². The maximum atomic E-state index is 5.22. The van der Waals surface area contributed by atoms with Crippen molar-refractivity contribution in [3.8, 4) is 33.6 Å². The van der Waals surface area contributed by atoms with Crippen molar-refractivity contribution in [3.63, 3.8) is 0 Å². The summed E-state index contributed by atoms with van der Waals surface area (Å²) in [7, 11) is 0. The molecule has 0 aliphatic heterocycles. The molecule has 4 heteroatoms. The Labute approximate surface area is 340 Å². The molecule has 0 bridgehead atoms. The Bertz CT molecular complexity index is 3540. The lowest BCUT2D eigenvalue weighted by Gasteiger charge is -2.29. The van der Waals surface area contributed by atoms with E-state index in [1.54, 1.807) is 6.20 Å². The van der Waals surface area contributed by atoms with Crippen LogP contribution in [0.3, 0.4) is 0 Å². The van der Waals surface area contributed by atoms with Gasteiger partial charge in [-0.3, -0.25) is 4.98 Å². The van der Waals surface area contributed by atoms with Crippen LogP contribution in [0, 0.1) is 0 Å². The Hall–Kier alpha value is -7.95. The zero-order valence-electron chi connectivity index (χ0n) is 31.9. The monoisotopic (exact) mass is 750 g/mol. The van der Waals surface area contributed by atoms with Gasteiger partial charge in [0.15, 0.2) is 0 Å². The molecular weight excluding hydrogens is 717 g/mol. The van der Waals surface area contributed by atoms with Gasteiger partial charge in [-0.1, -0.05) is 146 Å². The normalized spacial score (nSPS) is 11.7. The fraction of sp³-hybridized carbons (Fsp3) is 0. The molecule has 0 N–H and O–H groups in total. The molecule has 0 unspecified atom stereocenters. The maximum absolute atomic E-state index is 5.22. The lowest BCUT2D eigenvalue weighted by Crippen LogP contribution is -2.11. The molecule has 0 saturated carbocycles. The molecule has 0 amide bonds. The van der Waals surface area contributed by atoms with E-state index in [9.17, 15) is 0 Å². The summed E-state index contributed by atoms with van der Waals surface area (Å²) in [6, 6.07) is 69.8. The minimum absolute atomic E-state index is 0.887. The number of para-hydroxylation sites is 1. The maximum Gasteiger partial charge on any atom is 0.0972 e. The first-order valence-electron chi connectivity index (χ1n) is 20.0. The second-order valence-electron chi connectivity index (χ2n) is 15.2. The van der Waals surface area contributed by atoms with Crippen LogP contribution in [-0.4, -0.2) is 15.0 Å². The van der Waals surface area contributed by atoms with Crippen molar-refractivity contribution in [1.29, 1.82) is 0 Å². The predicted octanol–water partition coefficient (Wildman–Crippen LogP) is 14.7. The van der Waals surface area contributed by atoms with Crippen molar-refractivity contribution >= 4 is 82.0 Å². The van der Waals surface area contributed by atoms with E-state index in [4.69, 9.17) is 9.97 Å². The molecule has 0 aliphatic rings. The highest BCUT2D eigenvalue weighted by molar-refractivity contribution is 6.28. The molecule has 3 aromatic heterocycles. The fourth-order valence-corrected chi connectivity index (χ4v) is 9.04. The Morgan fingerprint density at radius 3 is 1.69 bits per heavy atom. The number of hydrogen-bond donors (Lipinski definition) is 0. The average Bonchev–Trinajstić information content (AvgIpc) is 3.31. The van der Waals surface area contributed by atoms with E-state index < -0.39 is 0 Å². The number of hydrogen-bond acceptors (Lipinski definition) is 4. The number of fused-ring (bicyclic) bond motifs is 4. The highest BCUT2D eigenvalue weighted by Crippen LogP contribution is 2.47. The average molecular weight is 751 g/mol. The van der Waals surface area contributed by atoms with Gasteiger partial charge in [-0.2, -0.15) is 0 Å². The summed E-state index contributed by atoms with van der Waals surface area (Å²) in [5, 5.41) is 12.1. The van der Waals surface area contributed by atoms with E-state index in [1.807, 2.05) is 18.3 Å². The number of nitrogens with zero attached hydrogens (tertiary/aromatic N) is 4. The van der Waals surface area contributed by atoms with Crippen molar-refractivity contribution in [2.75, 3.05) is 4.90 Å². The van der Waals surface area contributed by atoms with Crippen LogP contribution in [0.2, 0.25) is 0 Å². The number of benzene rings is 9. The van der Waals surface area contributed by atoms with Gasteiger partial charge >= 0.3 is 0 Å². The Kier molecular flexibility index (Phi) is 7.50. The summed E-state index contributed by atoms with van der Waals surface area (Å²) in [6.07, 6.45) is 3.64. The van der Waals surface area contributed by atoms with E-state index in [0.717, 1.165) is 61.4 Å². The quantitative estimate of drug-likeness (QED) is 0.159. The number of rotatable bonds is 6. The lowest BCUT2D eigenvalue weighted by molar-refractivity contribution is 1.30. The van der Waals surface area contributed by atoms with E-state index in [0.29, 0.717) is 0 Å². The van der Waals surface area contributed by atoms with Crippen LogP contribution in [0.15, 0.2) is 207 Å². The molecule has 0 fully saturated rings. The summed E-state index contributed by atoms with van der Waals surface area (Å²) in [6.45, 7) is 0. The third-order valence-electron chi connectivity index (χ3n) is 11.9. The standard InChI is InChI=1S/C55H34N4/c1-2-11-43(12-3-1)59(50-14-6-9-35-8-4-5-13-45(35)50)51-32-26-39-22-28-46-44(27-21-38-23-29-47(51)53(39)52(38)46)36-15-17-37(18-16-36)48-30-24-40-19-20-41-25-31-49(42-10-7-33-56-34-42)58-55(41)54(40)57-48/h1-34H. The molecule has 0 atom stereocenters. The molecule has 4 nitrogen and oxygen atoms in total. The Morgan fingerprint density at radius 2 is 0.932 bits per heavy atom. The highest BCUT2D eigenvalue weighted by atomic mass is 15.1. The van der Waals surface area contributed by atoms with E-state index in [-0.39, 0.29) is 0 Å². The SMILES string of the molecule is c1ccc(N(c2cccc3ccccc23)c2ccc3ccc4c(-c5ccc(-c6ccc7ccc8ccc(-c9cccnc9)nc8c7n6)cc5)ccc5ccc2c3c54)cc1. The first kappa shape index (κ1) is 33.2. The molecule has 12 rings (SSSR count). The lowest BCUT2D eigenvalue weighted by atomic mass is 9.89. The van der Waals surface area contributed by atoms with E-state index in [1.165, 1.54) is 54.2 Å². The van der Waals surface area contributed by atoms with Crippen molar-refractivity contribution in [1.82, 2.24) is 15.0 Å². The minimum Gasteiger partial charge on any atom is -0.309 e. The molecule has 0 saturated heterocycles. The fourth-order valence-electron chi connectivity index (χ4n) is 9.04. The zero-order valence-corrected chi connectivity index (χ0v) is 31.9. The van der Waals surface area contributed by atoms with Gasteiger partial charge in [0.25, 0.3) is 0 Å². The molecule has 9 aromatic carbocycles. The van der Waals surface area contributed by atoms with Crippen molar-refractivity contribution in [2.24, 2.45) is 0 Å². The van der Waals surface area contributed by atoms with Crippen LogP contribution < -0.4 is 4.90 Å². The van der Waals surface area contributed by atoms with Gasteiger partial charge in [-0.15, -0.1) is 0 Å². The highest BCUT2D eigenvalue weighted by Gasteiger charge is 2.21. The van der Waals surface area contributed by atoms with Crippen molar-refractivity contribution < 1.29 is 0 Å². The molecule has 0 radical (unpaired) electrons. The van der Waals surface area contributed by atoms with Crippen LogP contribution in [0.5, 0.6) is 0 Å². The Morgan fingerprint density at radius 1 is 0.339 bits per heavy atom. The zero-order chi connectivity index (χ0) is 38.9. The first-order chi connectivity index (χ1) is 29.2. The van der Waals surface area contributed by atoms with Crippen LogP contribution in [0.1, 0.15) is 0 Å². The summed E-state index contributed by atoms with van der Waals surface area (Å²) in [5.74, 6) is 0. The van der Waals surface area contributed by atoms with Gasteiger partial charge in [-0.25, -0.2) is 9.97 Å². The summed E-state index contributed by atoms with van der Waals surface area (Å²) in [4.78, 5) is 17.0. The van der Waals surface area contributed by atoms with Crippen molar-refractivity contribution in [3.05, 3.63) is 207 Å². The number of anilines is 3. The van der Waals surface area contributed by atoms with E-state index >= 15 is 0 Å². The topological polar surface area (TPSA) is 41.9 Å². The van der Waals surface area contributed by atoms with Gasteiger partial charge in [0.1, 0.15) is 0 Å².